The van der Waals surface area contributed by atoms with E-state index in [1.54, 1.807) is 7.11 Å². The Hall–Kier alpha value is -1.03. The van der Waals surface area contributed by atoms with Gasteiger partial charge in [0.25, 0.3) is 0 Å². The van der Waals surface area contributed by atoms with E-state index >= 15 is 0 Å². The van der Waals surface area contributed by atoms with Crippen LogP contribution >= 0.6 is 22.9 Å². The number of hydrogen-bond donors (Lipinski definition) is 1. The van der Waals surface area contributed by atoms with Gasteiger partial charge < -0.3 is 10.1 Å². The quantitative estimate of drug-likeness (QED) is 0.894. The number of hydrogen-bond acceptors (Lipinski definition) is 3. The lowest BCUT2D eigenvalue weighted by molar-refractivity contribution is 0.407. The lowest BCUT2D eigenvalue weighted by Gasteiger charge is -2.09. The van der Waals surface area contributed by atoms with Gasteiger partial charge in [-0.2, -0.15) is 0 Å². The molecule has 1 aromatic carbocycles. The molecule has 1 aromatic heterocycles. The highest BCUT2D eigenvalue weighted by Gasteiger charge is 2.04. The molecule has 0 aliphatic heterocycles. The van der Waals surface area contributed by atoms with Gasteiger partial charge in [0.1, 0.15) is 5.75 Å². The Kier molecular flexibility index (Phi) is 4.64. The number of ether oxygens (including phenoxy) is 1. The molecule has 4 heteroatoms. The van der Waals surface area contributed by atoms with Crippen LogP contribution in [0.15, 0.2) is 30.3 Å². The Balaban J connectivity index is 1.95. The van der Waals surface area contributed by atoms with Gasteiger partial charge in [0, 0.05) is 33.4 Å². The Morgan fingerprint density at radius 1 is 1.22 bits per heavy atom. The molecule has 0 spiro atoms. The lowest BCUT2D eigenvalue weighted by Crippen LogP contribution is -2.12. The van der Waals surface area contributed by atoms with Gasteiger partial charge in [-0.15, -0.1) is 11.3 Å². The minimum Gasteiger partial charge on any atom is -0.496 e. The molecule has 18 heavy (non-hydrogen) atoms. The van der Waals surface area contributed by atoms with Crippen LogP contribution < -0.4 is 10.1 Å². The Morgan fingerprint density at radius 2 is 2.06 bits per heavy atom. The van der Waals surface area contributed by atoms with Crippen molar-refractivity contribution in [2.45, 2.75) is 20.0 Å². The van der Waals surface area contributed by atoms with Crippen LogP contribution in [-0.4, -0.2) is 7.11 Å². The Morgan fingerprint density at radius 3 is 2.72 bits per heavy atom. The second kappa shape index (κ2) is 6.23. The maximum absolute atomic E-state index is 5.99. The van der Waals surface area contributed by atoms with Crippen LogP contribution in [-0.2, 0) is 13.1 Å². The van der Waals surface area contributed by atoms with Crippen molar-refractivity contribution >= 4 is 22.9 Å². The molecule has 0 aliphatic carbocycles. The highest BCUT2D eigenvalue weighted by atomic mass is 35.5. The van der Waals surface area contributed by atoms with Crippen LogP contribution in [0, 0.1) is 6.92 Å². The minimum atomic E-state index is 0.736. The van der Waals surface area contributed by atoms with Gasteiger partial charge in [0.05, 0.1) is 7.11 Å². The first-order valence-electron chi connectivity index (χ1n) is 5.77. The van der Waals surface area contributed by atoms with Gasteiger partial charge in [-0.3, -0.25) is 0 Å². The molecule has 0 bridgehead atoms. The molecule has 0 amide bonds. The van der Waals surface area contributed by atoms with Crippen LogP contribution in [0.2, 0.25) is 5.02 Å². The van der Waals surface area contributed by atoms with Gasteiger partial charge in [-0.1, -0.05) is 11.6 Å². The third-order valence-corrected chi connectivity index (χ3v) is 3.89. The first-order valence-corrected chi connectivity index (χ1v) is 6.97. The van der Waals surface area contributed by atoms with E-state index in [2.05, 4.69) is 24.4 Å². The summed E-state index contributed by atoms with van der Waals surface area (Å²) in [6.45, 7) is 3.74. The number of benzene rings is 1. The number of halogens is 1. The molecule has 0 radical (unpaired) electrons. The first-order chi connectivity index (χ1) is 8.69. The van der Waals surface area contributed by atoms with E-state index in [-0.39, 0.29) is 0 Å². The normalized spacial score (nSPS) is 10.6. The van der Waals surface area contributed by atoms with Crippen molar-refractivity contribution in [1.82, 2.24) is 5.32 Å². The maximum Gasteiger partial charge on any atom is 0.123 e. The first kappa shape index (κ1) is 13.4. The fourth-order valence-corrected chi connectivity index (χ4v) is 2.84. The van der Waals surface area contributed by atoms with Gasteiger partial charge in [-0.05, 0) is 37.3 Å². The summed E-state index contributed by atoms with van der Waals surface area (Å²) in [6.07, 6.45) is 0. The highest BCUT2D eigenvalue weighted by Crippen LogP contribution is 2.22. The fraction of sp³-hybridized carbons (Fsp3) is 0.286. The van der Waals surface area contributed by atoms with Crippen molar-refractivity contribution in [3.8, 4) is 5.75 Å². The molecule has 1 N–H and O–H groups in total. The molecule has 96 valence electrons. The summed E-state index contributed by atoms with van der Waals surface area (Å²) in [5, 5.41) is 4.14. The molecule has 0 aliphatic rings. The van der Waals surface area contributed by atoms with Crippen molar-refractivity contribution in [3.05, 3.63) is 50.7 Å². The number of rotatable bonds is 5. The zero-order valence-electron chi connectivity index (χ0n) is 10.5. The van der Waals surface area contributed by atoms with Crippen molar-refractivity contribution < 1.29 is 4.74 Å². The molecule has 2 rings (SSSR count). The molecular weight excluding hydrogens is 266 g/mol. The van der Waals surface area contributed by atoms with E-state index in [0.29, 0.717) is 0 Å². The smallest absolute Gasteiger partial charge is 0.123 e. The van der Waals surface area contributed by atoms with Gasteiger partial charge in [-0.25, -0.2) is 0 Å². The second-order valence-corrected chi connectivity index (χ2v) is 5.88. The van der Waals surface area contributed by atoms with E-state index in [1.165, 1.54) is 9.75 Å². The highest BCUT2D eigenvalue weighted by molar-refractivity contribution is 7.11. The summed E-state index contributed by atoms with van der Waals surface area (Å²) in [6, 6.07) is 9.97. The molecule has 2 aromatic rings. The van der Waals surface area contributed by atoms with E-state index < -0.39 is 0 Å². The molecule has 0 unspecified atom stereocenters. The van der Waals surface area contributed by atoms with Crippen molar-refractivity contribution in [2.24, 2.45) is 0 Å². The Bertz CT molecular complexity index is 524. The predicted molar refractivity (Wildman–Crippen MR) is 77.6 cm³/mol. The topological polar surface area (TPSA) is 21.3 Å². The molecule has 0 atom stereocenters. The van der Waals surface area contributed by atoms with Crippen LogP contribution in [0.5, 0.6) is 5.75 Å². The van der Waals surface area contributed by atoms with Gasteiger partial charge in [0.2, 0.25) is 0 Å². The molecule has 0 saturated carbocycles. The van der Waals surface area contributed by atoms with Crippen molar-refractivity contribution in [1.29, 1.82) is 0 Å². The number of thiophene rings is 1. The monoisotopic (exact) mass is 281 g/mol. The Labute approximate surface area is 117 Å². The van der Waals surface area contributed by atoms with Crippen molar-refractivity contribution in [3.63, 3.8) is 0 Å². The summed E-state index contributed by atoms with van der Waals surface area (Å²) in [4.78, 5) is 2.68. The maximum atomic E-state index is 5.99. The van der Waals surface area contributed by atoms with E-state index in [4.69, 9.17) is 16.3 Å². The van der Waals surface area contributed by atoms with Crippen LogP contribution in [0.1, 0.15) is 15.3 Å². The van der Waals surface area contributed by atoms with E-state index in [0.717, 1.165) is 29.4 Å². The molecule has 0 fully saturated rings. The zero-order chi connectivity index (χ0) is 13.0. The second-order valence-electron chi connectivity index (χ2n) is 4.07. The third-order valence-electron chi connectivity index (χ3n) is 2.65. The summed E-state index contributed by atoms with van der Waals surface area (Å²) in [7, 11) is 1.68. The van der Waals surface area contributed by atoms with E-state index in [9.17, 15) is 0 Å². The standard InChI is InChI=1S/C14H16ClNOS/c1-10-3-5-13(18-10)9-16-8-11-7-12(15)4-6-14(11)17-2/h3-7,16H,8-9H2,1-2H3. The number of aryl methyl sites for hydroxylation is 1. The number of nitrogens with one attached hydrogen (secondary N) is 1. The summed E-state index contributed by atoms with van der Waals surface area (Å²) >= 11 is 7.81. The van der Waals surface area contributed by atoms with Crippen LogP contribution in [0.3, 0.4) is 0 Å². The average molecular weight is 282 g/mol. The molecule has 0 saturated heterocycles. The number of methoxy groups -OCH3 is 1. The largest absolute Gasteiger partial charge is 0.496 e. The molecule has 2 nitrogen and oxygen atoms in total. The SMILES string of the molecule is COc1ccc(Cl)cc1CNCc1ccc(C)s1. The average Bonchev–Trinajstić information content (AvgIpc) is 2.75. The minimum absolute atomic E-state index is 0.736. The fourth-order valence-electron chi connectivity index (χ4n) is 1.79. The summed E-state index contributed by atoms with van der Waals surface area (Å²) in [5.74, 6) is 0.870. The zero-order valence-corrected chi connectivity index (χ0v) is 12.1. The predicted octanol–water partition coefficient (Wildman–Crippen LogP) is 4.01. The third kappa shape index (κ3) is 3.48. The molecular formula is C14H16ClNOS. The summed E-state index contributed by atoms with van der Waals surface area (Å²) in [5.41, 5.74) is 1.08. The van der Waals surface area contributed by atoms with Gasteiger partial charge in [0.15, 0.2) is 0 Å². The van der Waals surface area contributed by atoms with Crippen molar-refractivity contribution in [2.75, 3.05) is 7.11 Å². The molecule has 1 heterocycles. The van der Waals surface area contributed by atoms with Gasteiger partial charge >= 0.3 is 0 Å². The van der Waals surface area contributed by atoms with Crippen LogP contribution in [0.25, 0.3) is 0 Å². The van der Waals surface area contributed by atoms with E-state index in [1.807, 2.05) is 29.5 Å². The summed E-state index contributed by atoms with van der Waals surface area (Å²) < 4.78 is 5.31. The lowest BCUT2D eigenvalue weighted by atomic mass is 10.2. The van der Waals surface area contributed by atoms with Crippen LogP contribution in [0.4, 0.5) is 0 Å².